The third-order valence-corrected chi connectivity index (χ3v) is 6.85. The van der Waals surface area contributed by atoms with E-state index >= 15 is 0 Å². The van der Waals surface area contributed by atoms with Crippen molar-refractivity contribution in [3.63, 3.8) is 0 Å². The molecule has 0 radical (unpaired) electrons. The summed E-state index contributed by atoms with van der Waals surface area (Å²) >= 11 is 0. The minimum atomic E-state index is -0.809. The molecular formula is C32H38N4O3. The molecule has 3 unspecified atom stereocenters. The topological polar surface area (TPSA) is 90.5 Å². The van der Waals surface area contributed by atoms with E-state index in [1.807, 2.05) is 100 Å². The molecule has 0 saturated carbocycles. The molecular weight excluding hydrogens is 488 g/mol. The second kappa shape index (κ2) is 12.2. The van der Waals surface area contributed by atoms with Crippen molar-refractivity contribution in [1.82, 2.24) is 15.5 Å². The third kappa shape index (κ3) is 7.69. The van der Waals surface area contributed by atoms with Crippen LogP contribution >= 0.6 is 0 Å². The molecule has 1 heterocycles. The maximum atomic E-state index is 14.2. The second-order valence-corrected chi connectivity index (χ2v) is 11.3. The highest BCUT2D eigenvalue weighted by molar-refractivity contribution is 5.95. The zero-order chi connectivity index (χ0) is 28.0. The van der Waals surface area contributed by atoms with Crippen LogP contribution in [-0.4, -0.2) is 40.9 Å². The van der Waals surface area contributed by atoms with Gasteiger partial charge in [-0.2, -0.15) is 0 Å². The lowest BCUT2D eigenvalue weighted by Crippen LogP contribution is -2.53. The molecule has 3 N–H and O–H groups in total. The van der Waals surface area contributed by atoms with Gasteiger partial charge >= 0.3 is 6.03 Å². The van der Waals surface area contributed by atoms with Crippen molar-refractivity contribution >= 4 is 23.5 Å². The Morgan fingerprint density at radius 2 is 1.51 bits per heavy atom. The van der Waals surface area contributed by atoms with E-state index < -0.39 is 17.6 Å². The van der Waals surface area contributed by atoms with E-state index in [1.54, 1.807) is 4.90 Å². The van der Waals surface area contributed by atoms with E-state index in [2.05, 4.69) is 28.1 Å². The Balaban J connectivity index is 1.68. The maximum absolute atomic E-state index is 14.2. The minimum absolute atomic E-state index is 0.0136. The van der Waals surface area contributed by atoms with Crippen LogP contribution in [0.3, 0.4) is 0 Å². The minimum Gasteiger partial charge on any atom is -0.350 e. The Bertz CT molecular complexity index is 1290. The monoisotopic (exact) mass is 526 g/mol. The molecule has 0 aliphatic carbocycles. The first kappa shape index (κ1) is 27.9. The number of carbonyl (C=O) groups excluding carboxylic acids is 3. The Morgan fingerprint density at radius 3 is 2.13 bits per heavy atom. The van der Waals surface area contributed by atoms with Gasteiger partial charge in [0, 0.05) is 11.2 Å². The van der Waals surface area contributed by atoms with Gasteiger partial charge in [0.1, 0.15) is 12.6 Å². The standard InChI is InChI=1S/C32H38N4O3/c1-22-12-11-17-26(18-22)33-31(39)34-27-19-25(23-13-7-5-8-14-23)20-28(24-15-9-6-10-16-24)36(30(27)38)21-29(37)35-32(2,3)4/h5-18,25,27-28H,19-21H2,1-4H3,(H,35,37)(H2,33,34,39). The van der Waals surface area contributed by atoms with Crippen LogP contribution in [-0.2, 0) is 9.59 Å². The van der Waals surface area contributed by atoms with E-state index in [4.69, 9.17) is 0 Å². The van der Waals surface area contributed by atoms with Gasteiger partial charge < -0.3 is 20.9 Å². The average Bonchev–Trinajstić information content (AvgIpc) is 3.01. The number of likely N-dealkylation sites (tertiary alicyclic amines) is 1. The lowest BCUT2D eigenvalue weighted by atomic mass is 9.86. The van der Waals surface area contributed by atoms with Crippen molar-refractivity contribution in [3.05, 3.63) is 102 Å². The fourth-order valence-corrected chi connectivity index (χ4v) is 5.19. The van der Waals surface area contributed by atoms with Gasteiger partial charge in [-0.15, -0.1) is 0 Å². The van der Waals surface area contributed by atoms with Crippen LogP contribution in [0.4, 0.5) is 10.5 Å². The summed E-state index contributed by atoms with van der Waals surface area (Å²) in [5, 5.41) is 8.77. The normalized spacial score (nSPS) is 19.6. The molecule has 39 heavy (non-hydrogen) atoms. The van der Waals surface area contributed by atoms with Crippen LogP contribution in [0.25, 0.3) is 0 Å². The SMILES string of the molecule is Cc1cccc(NC(=O)NC2CC(c3ccccc3)CC(c3ccccc3)N(CC(=O)NC(C)(C)C)C2=O)c1. The summed E-state index contributed by atoms with van der Waals surface area (Å²) in [5.74, 6) is -0.524. The summed E-state index contributed by atoms with van der Waals surface area (Å²) < 4.78 is 0. The first-order valence-corrected chi connectivity index (χ1v) is 13.4. The Labute approximate surface area is 231 Å². The fraction of sp³-hybridized carbons (Fsp3) is 0.344. The van der Waals surface area contributed by atoms with Crippen molar-refractivity contribution in [1.29, 1.82) is 0 Å². The summed E-state index contributed by atoms with van der Waals surface area (Å²) in [6.07, 6.45) is 1.05. The second-order valence-electron chi connectivity index (χ2n) is 11.3. The van der Waals surface area contributed by atoms with Crippen molar-refractivity contribution in [2.45, 2.75) is 64.1 Å². The van der Waals surface area contributed by atoms with Crippen LogP contribution in [0.2, 0.25) is 0 Å². The van der Waals surface area contributed by atoms with Crippen LogP contribution in [0, 0.1) is 6.92 Å². The Kier molecular flexibility index (Phi) is 8.69. The van der Waals surface area contributed by atoms with E-state index in [0.29, 0.717) is 18.5 Å². The van der Waals surface area contributed by atoms with Gasteiger partial charge in [0.25, 0.3) is 0 Å². The van der Waals surface area contributed by atoms with Gasteiger partial charge in [0.15, 0.2) is 0 Å². The highest BCUT2D eigenvalue weighted by atomic mass is 16.2. The third-order valence-electron chi connectivity index (χ3n) is 6.85. The molecule has 4 amide bonds. The predicted molar refractivity (Wildman–Crippen MR) is 154 cm³/mol. The van der Waals surface area contributed by atoms with E-state index in [9.17, 15) is 14.4 Å². The van der Waals surface area contributed by atoms with Crippen molar-refractivity contribution in [2.24, 2.45) is 0 Å². The molecule has 0 aromatic heterocycles. The van der Waals surface area contributed by atoms with Gasteiger partial charge in [-0.3, -0.25) is 9.59 Å². The first-order chi connectivity index (χ1) is 18.6. The molecule has 1 fully saturated rings. The van der Waals surface area contributed by atoms with Gasteiger partial charge in [0.05, 0.1) is 6.04 Å². The smallest absolute Gasteiger partial charge is 0.319 e. The molecule has 0 bridgehead atoms. The van der Waals surface area contributed by atoms with Crippen LogP contribution in [0.5, 0.6) is 0 Å². The molecule has 3 atom stereocenters. The average molecular weight is 527 g/mol. The molecule has 1 aliphatic rings. The number of benzene rings is 3. The van der Waals surface area contributed by atoms with Gasteiger partial charge in [-0.1, -0.05) is 72.8 Å². The molecule has 4 rings (SSSR count). The van der Waals surface area contributed by atoms with E-state index in [1.165, 1.54) is 0 Å². The van der Waals surface area contributed by atoms with Gasteiger partial charge in [0.2, 0.25) is 11.8 Å². The largest absolute Gasteiger partial charge is 0.350 e. The molecule has 1 saturated heterocycles. The number of carbonyl (C=O) groups is 3. The highest BCUT2D eigenvalue weighted by Gasteiger charge is 2.40. The van der Waals surface area contributed by atoms with Gasteiger partial charge in [-0.25, -0.2) is 4.79 Å². The number of aryl methyl sites for hydroxylation is 1. The van der Waals surface area contributed by atoms with Crippen molar-refractivity contribution in [2.75, 3.05) is 11.9 Å². The Morgan fingerprint density at radius 1 is 0.872 bits per heavy atom. The summed E-state index contributed by atoms with van der Waals surface area (Å²) in [4.78, 5) is 42.0. The summed E-state index contributed by atoms with van der Waals surface area (Å²) in [5.41, 5.74) is 3.28. The molecule has 3 aromatic rings. The number of anilines is 1. The number of hydrogen-bond donors (Lipinski definition) is 3. The molecule has 7 nitrogen and oxygen atoms in total. The maximum Gasteiger partial charge on any atom is 0.319 e. The number of amides is 4. The summed E-state index contributed by atoms with van der Waals surface area (Å²) in [6, 6.07) is 25.8. The van der Waals surface area contributed by atoms with E-state index in [0.717, 1.165) is 16.7 Å². The summed E-state index contributed by atoms with van der Waals surface area (Å²) in [7, 11) is 0. The molecule has 0 spiro atoms. The van der Waals surface area contributed by atoms with Crippen molar-refractivity contribution < 1.29 is 14.4 Å². The van der Waals surface area contributed by atoms with E-state index in [-0.39, 0.29) is 30.3 Å². The lowest BCUT2D eigenvalue weighted by molar-refractivity contribution is -0.139. The quantitative estimate of drug-likeness (QED) is 0.394. The first-order valence-electron chi connectivity index (χ1n) is 13.4. The molecule has 7 heteroatoms. The molecule has 204 valence electrons. The Hall–Kier alpha value is -4.13. The van der Waals surface area contributed by atoms with Crippen LogP contribution < -0.4 is 16.0 Å². The fourth-order valence-electron chi connectivity index (χ4n) is 5.19. The highest BCUT2D eigenvalue weighted by Crippen LogP contribution is 2.39. The zero-order valence-electron chi connectivity index (χ0n) is 23.1. The number of urea groups is 1. The lowest BCUT2D eigenvalue weighted by Gasteiger charge is -2.33. The van der Waals surface area contributed by atoms with Gasteiger partial charge in [-0.05, 0) is 75.3 Å². The number of rotatable bonds is 6. The summed E-state index contributed by atoms with van der Waals surface area (Å²) in [6.45, 7) is 7.58. The van der Waals surface area contributed by atoms with Crippen LogP contribution in [0.15, 0.2) is 84.9 Å². The van der Waals surface area contributed by atoms with Crippen molar-refractivity contribution in [3.8, 4) is 0 Å². The number of nitrogens with one attached hydrogen (secondary N) is 3. The number of hydrogen-bond acceptors (Lipinski definition) is 3. The number of nitrogens with zero attached hydrogens (tertiary/aromatic N) is 1. The predicted octanol–water partition coefficient (Wildman–Crippen LogP) is 5.55. The molecule has 1 aliphatic heterocycles. The zero-order valence-corrected chi connectivity index (χ0v) is 23.1. The molecule has 3 aromatic carbocycles. The van der Waals surface area contributed by atoms with Crippen LogP contribution in [0.1, 0.15) is 62.3 Å².